The fourth-order valence-electron chi connectivity index (χ4n) is 1.60. The van der Waals surface area contributed by atoms with Gasteiger partial charge in [-0.3, -0.25) is 4.79 Å². The van der Waals surface area contributed by atoms with Crippen molar-refractivity contribution in [2.75, 3.05) is 18.0 Å². The number of nitrogens with one attached hydrogen (secondary N) is 1. The lowest BCUT2D eigenvalue weighted by molar-refractivity contribution is -0.120. The summed E-state index contributed by atoms with van der Waals surface area (Å²) in [5.41, 5.74) is 0.926. The fourth-order valence-corrected chi connectivity index (χ4v) is 1.82. The molecule has 0 aromatic carbocycles. The molecule has 18 heavy (non-hydrogen) atoms. The van der Waals surface area contributed by atoms with Crippen LogP contribution in [0.3, 0.4) is 0 Å². The highest BCUT2D eigenvalue weighted by molar-refractivity contribution is 9.10. The Kier molecular flexibility index (Phi) is 5.59. The van der Waals surface area contributed by atoms with Crippen molar-refractivity contribution < 1.29 is 4.79 Å². The van der Waals surface area contributed by atoms with Crippen LogP contribution in [0.1, 0.15) is 26.5 Å². The molecule has 0 fully saturated rings. The Labute approximate surface area is 117 Å². The minimum Gasteiger partial charge on any atom is -0.352 e. The molecule has 0 bridgehead atoms. The minimum atomic E-state index is 0.0224. The van der Waals surface area contributed by atoms with Gasteiger partial charge in [-0.05, 0) is 55.8 Å². The van der Waals surface area contributed by atoms with Gasteiger partial charge >= 0.3 is 0 Å². The Morgan fingerprint density at radius 1 is 1.50 bits per heavy atom. The summed E-state index contributed by atoms with van der Waals surface area (Å²) in [7, 11) is 0. The summed E-state index contributed by atoms with van der Waals surface area (Å²) in [5, 5.41) is 2.89. The molecule has 1 N–H and O–H groups in total. The van der Waals surface area contributed by atoms with Crippen LogP contribution in [0.5, 0.6) is 0 Å². The number of rotatable bonds is 5. The number of amides is 1. The molecule has 0 unspecified atom stereocenters. The summed E-state index contributed by atoms with van der Waals surface area (Å²) in [6.45, 7) is 8.95. The first kappa shape index (κ1) is 15.0. The zero-order chi connectivity index (χ0) is 13.7. The summed E-state index contributed by atoms with van der Waals surface area (Å²) < 4.78 is 0.980. The number of halogens is 1. The van der Waals surface area contributed by atoms with Crippen molar-refractivity contribution in [3.63, 3.8) is 0 Å². The Hall–Kier alpha value is -1.10. The maximum atomic E-state index is 11.8. The number of aromatic nitrogens is 1. The normalized spacial score (nSPS) is 10.6. The van der Waals surface area contributed by atoms with Crippen molar-refractivity contribution in [3.05, 3.63) is 22.3 Å². The molecule has 0 saturated carbocycles. The number of carbonyl (C=O) groups excluding carboxylic acids is 1. The lowest BCUT2D eigenvalue weighted by atomic mass is 10.3. The highest BCUT2D eigenvalue weighted by Gasteiger charge is 2.12. The third kappa shape index (κ3) is 4.29. The third-order valence-corrected chi connectivity index (χ3v) is 3.33. The number of nitrogens with zero attached hydrogens (tertiary/aromatic N) is 2. The van der Waals surface area contributed by atoms with Gasteiger partial charge in [0.2, 0.25) is 5.91 Å². The van der Waals surface area contributed by atoms with Gasteiger partial charge in [0.05, 0.1) is 12.2 Å². The van der Waals surface area contributed by atoms with Crippen molar-refractivity contribution in [2.24, 2.45) is 0 Å². The molecule has 1 heterocycles. The van der Waals surface area contributed by atoms with Gasteiger partial charge in [0, 0.05) is 17.1 Å². The van der Waals surface area contributed by atoms with Gasteiger partial charge in [-0.25, -0.2) is 4.98 Å². The zero-order valence-electron chi connectivity index (χ0n) is 11.3. The van der Waals surface area contributed by atoms with E-state index in [-0.39, 0.29) is 11.9 Å². The molecule has 100 valence electrons. The highest BCUT2D eigenvalue weighted by Crippen LogP contribution is 2.18. The molecule has 5 heteroatoms. The molecule has 0 saturated heterocycles. The van der Waals surface area contributed by atoms with Crippen LogP contribution in [-0.2, 0) is 4.79 Å². The molecule has 0 atom stereocenters. The van der Waals surface area contributed by atoms with Crippen LogP contribution < -0.4 is 10.2 Å². The average Bonchev–Trinajstić information content (AvgIpc) is 2.29. The van der Waals surface area contributed by atoms with Crippen LogP contribution in [0.2, 0.25) is 0 Å². The van der Waals surface area contributed by atoms with E-state index < -0.39 is 0 Å². The smallest absolute Gasteiger partial charge is 0.239 e. The third-order valence-electron chi connectivity index (χ3n) is 2.50. The highest BCUT2D eigenvalue weighted by atomic mass is 79.9. The Bertz CT molecular complexity index is 421. The van der Waals surface area contributed by atoms with Crippen LogP contribution in [-0.4, -0.2) is 30.0 Å². The molecule has 1 aromatic heterocycles. The molecule has 0 aliphatic rings. The van der Waals surface area contributed by atoms with E-state index in [1.165, 1.54) is 0 Å². The van der Waals surface area contributed by atoms with E-state index in [4.69, 9.17) is 0 Å². The molecule has 1 aromatic rings. The van der Waals surface area contributed by atoms with Crippen LogP contribution in [0, 0.1) is 6.92 Å². The molecule has 1 amide bonds. The topological polar surface area (TPSA) is 45.2 Å². The van der Waals surface area contributed by atoms with Crippen molar-refractivity contribution >= 4 is 27.7 Å². The van der Waals surface area contributed by atoms with Gasteiger partial charge in [0.15, 0.2) is 0 Å². The zero-order valence-corrected chi connectivity index (χ0v) is 12.9. The van der Waals surface area contributed by atoms with Gasteiger partial charge in [-0.1, -0.05) is 0 Å². The van der Waals surface area contributed by atoms with Crippen molar-refractivity contribution in [1.29, 1.82) is 0 Å². The maximum absolute atomic E-state index is 11.8. The number of carbonyl (C=O) groups is 1. The Balaban J connectivity index is 2.76. The van der Waals surface area contributed by atoms with E-state index in [0.717, 1.165) is 22.5 Å². The lowest BCUT2D eigenvalue weighted by Crippen LogP contribution is -2.40. The van der Waals surface area contributed by atoms with E-state index in [9.17, 15) is 4.79 Å². The Morgan fingerprint density at radius 2 is 2.17 bits per heavy atom. The monoisotopic (exact) mass is 313 g/mol. The van der Waals surface area contributed by atoms with E-state index in [2.05, 4.69) is 26.2 Å². The molecular weight excluding hydrogens is 294 g/mol. The SMILES string of the molecule is CCN(CC(=O)NC(C)C)c1ccc(Br)c(C)n1. The second kappa shape index (κ2) is 6.73. The molecule has 1 rings (SSSR count). The number of hydrogen-bond acceptors (Lipinski definition) is 3. The van der Waals surface area contributed by atoms with Crippen LogP contribution in [0.4, 0.5) is 5.82 Å². The van der Waals surface area contributed by atoms with Gasteiger partial charge < -0.3 is 10.2 Å². The van der Waals surface area contributed by atoms with Gasteiger partial charge in [-0.2, -0.15) is 0 Å². The number of anilines is 1. The van der Waals surface area contributed by atoms with Crippen molar-refractivity contribution in [3.8, 4) is 0 Å². The summed E-state index contributed by atoms with van der Waals surface area (Å²) >= 11 is 3.42. The summed E-state index contributed by atoms with van der Waals surface area (Å²) in [6, 6.07) is 4.04. The first-order valence-corrected chi connectivity index (χ1v) is 6.90. The van der Waals surface area contributed by atoms with Crippen LogP contribution >= 0.6 is 15.9 Å². The summed E-state index contributed by atoms with van der Waals surface area (Å²) in [4.78, 5) is 18.2. The van der Waals surface area contributed by atoms with Gasteiger partial charge in [0.25, 0.3) is 0 Å². The predicted molar refractivity (Wildman–Crippen MR) is 77.8 cm³/mol. The molecule has 0 spiro atoms. The second-order valence-corrected chi connectivity index (χ2v) is 5.33. The number of hydrogen-bond donors (Lipinski definition) is 1. The van der Waals surface area contributed by atoms with Crippen molar-refractivity contribution in [1.82, 2.24) is 10.3 Å². The summed E-state index contributed by atoms with van der Waals surface area (Å²) in [5.74, 6) is 0.853. The second-order valence-electron chi connectivity index (χ2n) is 4.47. The quantitative estimate of drug-likeness (QED) is 0.908. The maximum Gasteiger partial charge on any atom is 0.239 e. The van der Waals surface area contributed by atoms with Gasteiger partial charge in [-0.15, -0.1) is 0 Å². The van der Waals surface area contributed by atoms with Gasteiger partial charge in [0.1, 0.15) is 5.82 Å². The summed E-state index contributed by atoms with van der Waals surface area (Å²) in [6.07, 6.45) is 0. The molecule has 0 aliphatic heterocycles. The molecular formula is C13H20BrN3O. The molecule has 4 nitrogen and oxygen atoms in total. The molecule has 0 radical (unpaired) electrons. The van der Waals surface area contributed by atoms with E-state index in [1.54, 1.807) is 0 Å². The molecule has 0 aliphatic carbocycles. The average molecular weight is 314 g/mol. The van der Waals surface area contributed by atoms with E-state index >= 15 is 0 Å². The van der Waals surface area contributed by atoms with Crippen LogP contribution in [0.25, 0.3) is 0 Å². The van der Waals surface area contributed by atoms with E-state index in [1.807, 2.05) is 44.7 Å². The Morgan fingerprint density at radius 3 is 2.67 bits per heavy atom. The van der Waals surface area contributed by atoms with Crippen molar-refractivity contribution in [2.45, 2.75) is 33.7 Å². The van der Waals surface area contributed by atoms with Crippen LogP contribution in [0.15, 0.2) is 16.6 Å². The lowest BCUT2D eigenvalue weighted by Gasteiger charge is -2.22. The number of aryl methyl sites for hydroxylation is 1. The minimum absolute atomic E-state index is 0.0224. The number of pyridine rings is 1. The standard InChI is InChI=1S/C13H20BrN3O/c1-5-17(8-13(18)15-9(2)3)12-7-6-11(14)10(4)16-12/h6-7,9H,5,8H2,1-4H3,(H,15,18). The number of likely N-dealkylation sites (N-methyl/N-ethyl adjacent to an activating group) is 1. The predicted octanol–water partition coefficient (Wildman–Crippen LogP) is 2.50. The van der Waals surface area contributed by atoms with E-state index in [0.29, 0.717) is 6.54 Å². The first-order chi connectivity index (χ1) is 8.43. The largest absolute Gasteiger partial charge is 0.352 e. The fraction of sp³-hybridized carbons (Fsp3) is 0.538. The first-order valence-electron chi connectivity index (χ1n) is 6.11.